The maximum atomic E-state index is 14.7. The van der Waals surface area contributed by atoms with E-state index < -0.39 is 11.8 Å². The van der Waals surface area contributed by atoms with Gasteiger partial charge in [-0.05, 0) is 35.7 Å². The fourth-order valence-corrected chi connectivity index (χ4v) is 3.63. The second-order valence-electron chi connectivity index (χ2n) is 6.85. The Morgan fingerprint density at radius 2 is 2.13 bits per heavy atom. The van der Waals surface area contributed by atoms with Crippen molar-refractivity contribution < 1.29 is 13.9 Å². The molecule has 0 saturated carbocycles. The van der Waals surface area contributed by atoms with Crippen molar-refractivity contribution in [3.63, 3.8) is 0 Å². The van der Waals surface area contributed by atoms with Gasteiger partial charge in [-0.3, -0.25) is 4.79 Å². The average molecular weight is 429 g/mol. The van der Waals surface area contributed by atoms with Gasteiger partial charge in [0.25, 0.3) is 0 Å². The summed E-state index contributed by atoms with van der Waals surface area (Å²) >= 11 is 6.34. The minimum absolute atomic E-state index is 0.0116. The maximum absolute atomic E-state index is 14.7. The molecule has 0 radical (unpaired) electrons. The Balaban J connectivity index is 1.52. The Kier molecular flexibility index (Phi) is 5.41. The number of halogens is 2. The lowest BCUT2D eigenvalue weighted by Gasteiger charge is -2.28. The molecule has 0 aliphatic carbocycles. The van der Waals surface area contributed by atoms with Crippen LogP contribution in [0.2, 0.25) is 5.02 Å². The van der Waals surface area contributed by atoms with Gasteiger partial charge in [0.1, 0.15) is 5.82 Å². The molecule has 0 bridgehead atoms. The average Bonchev–Trinajstić information content (AvgIpc) is 2.75. The van der Waals surface area contributed by atoms with Crippen LogP contribution in [0.5, 0.6) is 5.88 Å². The normalized spacial score (nSPS) is 13.0. The van der Waals surface area contributed by atoms with Crippen molar-refractivity contribution in [1.82, 2.24) is 14.9 Å². The van der Waals surface area contributed by atoms with Gasteiger partial charge in [-0.1, -0.05) is 11.6 Å². The molecule has 7 nitrogen and oxygen atoms in total. The molecule has 3 heterocycles. The summed E-state index contributed by atoms with van der Waals surface area (Å²) in [6.45, 7) is 0.746. The van der Waals surface area contributed by atoms with Gasteiger partial charge < -0.3 is 19.9 Å². The summed E-state index contributed by atoms with van der Waals surface area (Å²) in [6.07, 6.45) is 3.69. The topological polar surface area (TPSA) is 87.3 Å². The van der Waals surface area contributed by atoms with Gasteiger partial charge in [0, 0.05) is 48.7 Å². The molecule has 1 aliphatic heterocycles. The highest BCUT2D eigenvalue weighted by Crippen LogP contribution is 2.33. The van der Waals surface area contributed by atoms with Crippen molar-refractivity contribution in [2.75, 3.05) is 19.0 Å². The van der Waals surface area contributed by atoms with E-state index in [-0.39, 0.29) is 16.3 Å². The van der Waals surface area contributed by atoms with Crippen LogP contribution in [-0.4, -0.2) is 34.6 Å². The largest absolute Gasteiger partial charge is 0.481 e. The fraction of sp³-hybridized carbons (Fsp3) is 0.190. The number of hydrogen-bond acceptors (Lipinski definition) is 4. The third kappa shape index (κ3) is 3.99. The monoisotopic (exact) mass is 428 g/mol. The Hall–Kier alpha value is -3.39. The number of anilines is 1. The van der Waals surface area contributed by atoms with Crippen LogP contribution in [0.25, 0.3) is 11.1 Å². The number of amides is 2. The number of benzene rings is 1. The molecule has 0 saturated heterocycles. The van der Waals surface area contributed by atoms with Crippen molar-refractivity contribution in [2.24, 2.45) is 0 Å². The predicted octanol–water partition coefficient (Wildman–Crippen LogP) is 3.83. The summed E-state index contributed by atoms with van der Waals surface area (Å²) in [5.41, 5.74) is 2.67. The minimum atomic E-state index is -0.611. The maximum Gasteiger partial charge on any atom is 0.322 e. The summed E-state index contributed by atoms with van der Waals surface area (Å²) in [7, 11) is 1.51. The second-order valence-corrected chi connectivity index (χ2v) is 7.26. The van der Waals surface area contributed by atoms with Crippen molar-refractivity contribution in [3.05, 3.63) is 75.0 Å². The Morgan fingerprint density at radius 1 is 1.30 bits per heavy atom. The molecule has 1 aromatic carbocycles. The van der Waals surface area contributed by atoms with Gasteiger partial charge in [0.2, 0.25) is 11.4 Å². The molecule has 2 N–H and O–H groups in total. The number of aromatic nitrogens is 2. The SMILES string of the molecule is COc1ccc(-c2cc(F)c(NC(=O)N3CCc4cc(=O)[nH]cc4C3)cc2Cl)cn1. The van der Waals surface area contributed by atoms with E-state index in [1.165, 1.54) is 31.5 Å². The number of ether oxygens (including phenoxy) is 1. The molecule has 2 aromatic heterocycles. The van der Waals surface area contributed by atoms with Crippen LogP contribution in [-0.2, 0) is 13.0 Å². The van der Waals surface area contributed by atoms with Gasteiger partial charge in [0.05, 0.1) is 17.8 Å². The van der Waals surface area contributed by atoms with Crippen LogP contribution in [0.4, 0.5) is 14.9 Å². The highest BCUT2D eigenvalue weighted by Gasteiger charge is 2.22. The number of urea groups is 1. The van der Waals surface area contributed by atoms with E-state index in [1.54, 1.807) is 23.2 Å². The van der Waals surface area contributed by atoms with Gasteiger partial charge in [-0.15, -0.1) is 0 Å². The molecule has 154 valence electrons. The van der Waals surface area contributed by atoms with Crippen LogP contribution < -0.4 is 15.6 Å². The molecule has 0 fully saturated rings. The summed E-state index contributed by atoms with van der Waals surface area (Å²) in [5.74, 6) is -0.174. The fourth-order valence-electron chi connectivity index (χ4n) is 3.36. The van der Waals surface area contributed by atoms with Gasteiger partial charge >= 0.3 is 6.03 Å². The molecular formula is C21H18ClFN4O3. The number of nitrogens with one attached hydrogen (secondary N) is 2. The minimum Gasteiger partial charge on any atom is -0.481 e. The third-order valence-corrected chi connectivity index (χ3v) is 5.27. The van der Waals surface area contributed by atoms with Gasteiger partial charge in [-0.2, -0.15) is 0 Å². The summed E-state index contributed by atoms with van der Waals surface area (Å²) in [5, 5.41) is 2.86. The van der Waals surface area contributed by atoms with Crippen molar-refractivity contribution in [2.45, 2.75) is 13.0 Å². The Labute approximate surface area is 176 Å². The lowest BCUT2D eigenvalue weighted by Crippen LogP contribution is -2.39. The highest BCUT2D eigenvalue weighted by molar-refractivity contribution is 6.33. The van der Waals surface area contributed by atoms with Crippen LogP contribution >= 0.6 is 11.6 Å². The third-order valence-electron chi connectivity index (χ3n) is 4.96. The molecule has 0 atom stereocenters. The molecule has 30 heavy (non-hydrogen) atoms. The van der Waals surface area contributed by atoms with E-state index in [9.17, 15) is 14.0 Å². The van der Waals surface area contributed by atoms with E-state index in [0.717, 1.165) is 11.1 Å². The molecular weight excluding hydrogens is 411 g/mol. The lowest BCUT2D eigenvalue weighted by atomic mass is 10.0. The van der Waals surface area contributed by atoms with Crippen LogP contribution in [0, 0.1) is 5.82 Å². The standard InChI is InChI=1S/C21H18ClFN4O3/c1-30-20-3-2-13(9-25-20)15-7-17(23)18(8-16(15)22)26-21(29)27-5-4-12-6-19(28)24-10-14(12)11-27/h2-3,6-10H,4-5,11H2,1H3,(H,24,28)(H,26,29). The zero-order valence-corrected chi connectivity index (χ0v) is 16.8. The number of fused-ring (bicyclic) bond motifs is 1. The van der Waals surface area contributed by atoms with Crippen molar-refractivity contribution in [3.8, 4) is 17.0 Å². The first-order valence-electron chi connectivity index (χ1n) is 9.20. The predicted molar refractivity (Wildman–Crippen MR) is 111 cm³/mol. The van der Waals surface area contributed by atoms with Crippen LogP contribution in [0.3, 0.4) is 0 Å². The number of methoxy groups -OCH3 is 1. The molecule has 0 unspecified atom stereocenters. The number of rotatable bonds is 3. The number of aromatic amines is 1. The quantitative estimate of drug-likeness (QED) is 0.663. The number of nitrogens with zero attached hydrogens (tertiary/aromatic N) is 2. The number of hydrogen-bond donors (Lipinski definition) is 2. The zero-order valence-electron chi connectivity index (χ0n) is 16.0. The number of pyridine rings is 2. The van der Waals surface area contributed by atoms with Crippen LogP contribution in [0.15, 0.2) is 47.5 Å². The van der Waals surface area contributed by atoms with E-state index in [2.05, 4.69) is 15.3 Å². The molecule has 0 spiro atoms. The second kappa shape index (κ2) is 8.16. The number of carbonyl (C=O) groups excluding carboxylic acids is 1. The van der Waals surface area contributed by atoms with Crippen molar-refractivity contribution >= 4 is 23.3 Å². The highest BCUT2D eigenvalue weighted by atomic mass is 35.5. The Morgan fingerprint density at radius 3 is 2.87 bits per heavy atom. The molecule has 9 heteroatoms. The smallest absolute Gasteiger partial charge is 0.322 e. The summed E-state index contributed by atoms with van der Waals surface area (Å²) in [4.78, 5) is 32.3. The first kappa shape index (κ1) is 19.9. The number of H-pyrrole nitrogens is 1. The van der Waals surface area contributed by atoms with E-state index in [4.69, 9.17) is 16.3 Å². The van der Waals surface area contributed by atoms with E-state index in [0.29, 0.717) is 36.5 Å². The van der Waals surface area contributed by atoms with E-state index in [1.807, 2.05) is 0 Å². The molecule has 2 amide bonds. The number of carbonyl (C=O) groups is 1. The summed E-state index contributed by atoms with van der Waals surface area (Å²) < 4.78 is 19.7. The first-order valence-corrected chi connectivity index (χ1v) is 9.58. The van der Waals surface area contributed by atoms with Crippen molar-refractivity contribution in [1.29, 1.82) is 0 Å². The first-order chi connectivity index (χ1) is 14.4. The Bertz CT molecular complexity index is 1160. The zero-order chi connectivity index (χ0) is 21.3. The molecule has 1 aliphatic rings. The lowest BCUT2D eigenvalue weighted by molar-refractivity contribution is 0.206. The molecule has 3 aromatic rings. The van der Waals surface area contributed by atoms with Crippen LogP contribution in [0.1, 0.15) is 11.1 Å². The van der Waals surface area contributed by atoms with E-state index >= 15 is 0 Å². The van der Waals surface area contributed by atoms with Gasteiger partial charge in [-0.25, -0.2) is 14.2 Å². The van der Waals surface area contributed by atoms with Gasteiger partial charge in [0.15, 0.2) is 0 Å². The molecule has 4 rings (SSSR count). The summed E-state index contributed by atoms with van der Waals surface area (Å²) in [6, 6.07) is 7.11.